The fourth-order valence-corrected chi connectivity index (χ4v) is 0.655. The summed E-state index contributed by atoms with van der Waals surface area (Å²) >= 11 is 0. The summed E-state index contributed by atoms with van der Waals surface area (Å²) in [7, 11) is 2.94. The Kier molecular flexibility index (Phi) is 6.36. The van der Waals surface area contributed by atoms with E-state index >= 15 is 0 Å². The fraction of sp³-hybridized carbons (Fsp3) is 0.444. The number of aliphatic imine (C=N–C) groups is 1. The van der Waals surface area contributed by atoms with Crippen LogP contribution in [0.3, 0.4) is 0 Å². The van der Waals surface area contributed by atoms with Crippen LogP contribution in [0.5, 0.6) is 0 Å². The monoisotopic (exact) mass is 205 g/mol. The van der Waals surface area contributed by atoms with Crippen LogP contribution >= 0.6 is 0 Å². The summed E-state index contributed by atoms with van der Waals surface area (Å²) in [5, 5.41) is 0. The van der Waals surface area contributed by atoms with E-state index in [1.54, 1.807) is 0 Å². The molecule has 0 fully saturated rings. The van der Waals surface area contributed by atoms with E-state index in [0.29, 0.717) is 0 Å². The highest BCUT2D eigenvalue weighted by molar-refractivity contribution is 5.88. The van der Waals surface area contributed by atoms with Gasteiger partial charge in [-0.3, -0.25) is 4.99 Å². The number of nitrogens with zero attached hydrogens (tertiary/aromatic N) is 1. The molecule has 0 spiro atoms. The third-order valence-electron chi connectivity index (χ3n) is 1.27. The zero-order valence-electron chi connectivity index (χ0n) is 8.17. The smallest absolute Gasteiger partial charge is 0.272 e. The van der Waals surface area contributed by atoms with Gasteiger partial charge in [0.1, 0.15) is 12.4 Å². The zero-order chi connectivity index (χ0) is 11.0. The normalized spacial score (nSPS) is 12.9. The Hall–Kier alpha value is -1.39. The highest BCUT2D eigenvalue weighted by atomic mass is 19.3. The largest absolute Gasteiger partial charge is 0.487 e. The van der Waals surface area contributed by atoms with E-state index in [4.69, 9.17) is 9.47 Å². The molecular formula is C9H13F2NO2. The van der Waals surface area contributed by atoms with Gasteiger partial charge in [0.25, 0.3) is 6.43 Å². The summed E-state index contributed by atoms with van der Waals surface area (Å²) in [6.07, 6.45) is 0.185. The number of ether oxygens (including phenoxy) is 2. The molecule has 0 amide bonds. The molecule has 0 unspecified atom stereocenters. The van der Waals surface area contributed by atoms with Gasteiger partial charge in [0.05, 0.1) is 7.11 Å². The molecule has 0 atom stereocenters. The lowest BCUT2D eigenvalue weighted by Gasteiger charge is -2.06. The summed E-state index contributed by atoms with van der Waals surface area (Å²) in [5.41, 5.74) is 0. The fourth-order valence-electron chi connectivity index (χ4n) is 0.655. The highest BCUT2D eigenvalue weighted by Gasteiger charge is 2.04. The van der Waals surface area contributed by atoms with Crippen molar-refractivity contribution >= 4 is 5.90 Å². The minimum atomic E-state index is -2.51. The zero-order valence-corrected chi connectivity index (χ0v) is 8.17. The molecule has 0 N–H and O–H groups in total. The van der Waals surface area contributed by atoms with Gasteiger partial charge in [0, 0.05) is 13.1 Å². The van der Waals surface area contributed by atoms with Gasteiger partial charge in [-0.25, -0.2) is 8.78 Å². The molecule has 0 aromatic heterocycles. The van der Waals surface area contributed by atoms with Gasteiger partial charge >= 0.3 is 0 Å². The number of rotatable bonds is 5. The molecule has 0 aromatic rings. The third-order valence-corrected chi connectivity index (χ3v) is 1.27. The maximum atomic E-state index is 11.8. The Bertz CT molecular complexity index is 237. The summed E-state index contributed by atoms with van der Waals surface area (Å²) in [6.45, 7) is 2.74. The summed E-state index contributed by atoms with van der Waals surface area (Å²) in [5.74, 6) is 0.488. The lowest BCUT2D eigenvalue weighted by molar-refractivity contribution is 0.0526. The predicted octanol–water partition coefficient (Wildman–Crippen LogP) is 2.01. The topological polar surface area (TPSA) is 30.8 Å². The van der Waals surface area contributed by atoms with Crippen LogP contribution in [-0.4, -0.2) is 33.1 Å². The second kappa shape index (κ2) is 7.06. The maximum Gasteiger partial charge on any atom is 0.272 e. The second-order valence-electron chi connectivity index (χ2n) is 2.22. The van der Waals surface area contributed by atoms with Crippen molar-refractivity contribution in [3.63, 3.8) is 0 Å². The van der Waals surface area contributed by atoms with Gasteiger partial charge in [-0.1, -0.05) is 6.58 Å². The average Bonchev–Trinajstić information content (AvgIpc) is 2.18. The van der Waals surface area contributed by atoms with Crippen molar-refractivity contribution in [1.29, 1.82) is 0 Å². The van der Waals surface area contributed by atoms with E-state index in [2.05, 4.69) is 11.6 Å². The molecule has 3 nitrogen and oxygen atoms in total. The second-order valence-corrected chi connectivity index (χ2v) is 2.22. The van der Waals surface area contributed by atoms with Crippen LogP contribution in [-0.2, 0) is 9.47 Å². The van der Waals surface area contributed by atoms with Crippen molar-refractivity contribution in [1.82, 2.24) is 0 Å². The lowest BCUT2D eigenvalue weighted by Crippen LogP contribution is -2.05. The molecule has 0 radical (unpaired) electrons. The molecule has 0 aromatic carbocycles. The Labute approximate surface area is 81.7 Å². The van der Waals surface area contributed by atoms with Crippen LogP contribution in [0.25, 0.3) is 0 Å². The van der Waals surface area contributed by atoms with E-state index < -0.39 is 13.0 Å². The Morgan fingerprint density at radius 1 is 1.57 bits per heavy atom. The van der Waals surface area contributed by atoms with Crippen molar-refractivity contribution in [3.05, 3.63) is 24.5 Å². The molecule has 5 heteroatoms. The summed E-state index contributed by atoms with van der Waals surface area (Å²) in [6, 6.07) is 0. The minimum Gasteiger partial charge on any atom is -0.487 e. The first kappa shape index (κ1) is 12.6. The Balaban J connectivity index is 4.31. The van der Waals surface area contributed by atoms with E-state index in [1.807, 2.05) is 0 Å². The Morgan fingerprint density at radius 2 is 2.21 bits per heavy atom. The molecule has 0 bridgehead atoms. The van der Waals surface area contributed by atoms with Crippen molar-refractivity contribution in [2.75, 3.05) is 20.8 Å². The van der Waals surface area contributed by atoms with Crippen molar-refractivity contribution in [3.8, 4) is 0 Å². The first-order valence-corrected chi connectivity index (χ1v) is 3.89. The minimum absolute atomic E-state index is 0.202. The van der Waals surface area contributed by atoms with Crippen LogP contribution in [0.15, 0.2) is 29.5 Å². The highest BCUT2D eigenvalue weighted by Crippen LogP contribution is 2.03. The molecule has 0 aliphatic heterocycles. The molecule has 0 saturated carbocycles. The first-order chi connectivity index (χ1) is 6.63. The van der Waals surface area contributed by atoms with E-state index in [-0.39, 0.29) is 11.7 Å². The molecule has 0 aliphatic rings. The number of hydrogen-bond acceptors (Lipinski definition) is 3. The molecular weight excluding hydrogens is 192 g/mol. The lowest BCUT2D eigenvalue weighted by atomic mass is 10.4. The molecule has 0 rings (SSSR count). The van der Waals surface area contributed by atoms with E-state index in [1.165, 1.54) is 26.3 Å². The van der Waals surface area contributed by atoms with E-state index in [0.717, 1.165) is 0 Å². The van der Waals surface area contributed by atoms with Crippen LogP contribution in [0.4, 0.5) is 8.78 Å². The summed E-state index contributed by atoms with van der Waals surface area (Å²) < 4.78 is 33.1. The van der Waals surface area contributed by atoms with Gasteiger partial charge in [-0.15, -0.1) is 0 Å². The van der Waals surface area contributed by atoms with Crippen LogP contribution in [0, 0.1) is 0 Å². The van der Waals surface area contributed by atoms with E-state index in [9.17, 15) is 8.78 Å². The number of alkyl halides is 2. The SMILES string of the molecule is C=C/C(=C\C(=NC)OC)OCC(F)F. The number of allylic oxidation sites excluding steroid dienone is 1. The number of methoxy groups -OCH3 is 1. The molecule has 0 aliphatic carbocycles. The predicted molar refractivity (Wildman–Crippen MR) is 50.6 cm³/mol. The van der Waals surface area contributed by atoms with Crippen LogP contribution in [0.2, 0.25) is 0 Å². The average molecular weight is 205 g/mol. The molecule has 0 heterocycles. The first-order valence-electron chi connectivity index (χ1n) is 3.89. The van der Waals surface area contributed by atoms with Gasteiger partial charge in [0.15, 0.2) is 0 Å². The molecule has 80 valence electrons. The van der Waals surface area contributed by atoms with Crippen molar-refractivity contribution < 1.29 is 18.3 Å². The standard InChI is InChI=1S/C9H13F2NO2/c1-4-7(14-6-8(10)11)5-9(12-2)13-3/h4-5,8H,1,6H2,2-3H3/b7-5+,12-9?. The number of halogens is 2. The molecule has 0 saturated heterocycles. The quantitative estimate of drug-likeness (QED) is 0.297. The van der Waals surface area contributed by atoms with Gasteiger partial charge < -0.3 is 9.47 Å². The molecule has 14 heavy (non-hydrogen) atoms. The third kappa shape index (κ3) is 5.29. The van der Waals surface area contributed by atoms with Crippen molar-refractivity contribution in [2.45, 2.75) is 6.43 Å². The Morgan fingerprint density at radius 3 is 2.57 bits per heavy atom. The van der Waals surface area contributed by atoms with Crippen LogP contribution < -0.4 is 0 Å². The van der Waals surface area contributed by atoms with Gasteiger partial charge in [0.2, 0.25) is 5.90 Å². The van der Waals surface area contributed by atoms with Gasteiger partial charge in [-0.2, -0.15) is 0 Å². The van der Waals surface area contributed by atoms with Crippen LogP contribution in [0.1, 0.15) is 0 Å². The summed E-state index contributed by atoms with van der Waals surface area (Å²) in [4.78, 5) is 3.72. The van der Waals surface area contributed by atoms with Gasteiger partial charge in [-0.05, 0) is 6.08 Å². The maximum absolute atomic E-state index is 11.8. The number of hydrogen-bond donors (Lipinski definition) is 0. The van der Waals surface area contributed by atoms with Crippen molar-refractivity contribution in [2.24, 2.45) is 4.99 Å².